The van der Waals surface area contributed by atoms with E-state index in [1.54, 1.807) is 0 Å². The summed E-state index contributed by atoms with van der Waals surface area (Å²) >= 11 is 0. The minimum Gasteiger partial charge on any atom is -0.369 e. The molecular formula is C21H26N6. The SMILES string of the molecule is c1cc(N2CCNCC2)ccc1Nc1ncc2ccn(C3CCCC3)c2n1. The average Bonchev–Trinajstić information content (AvgIpc) is 3.38. The normalized spacial score (nSPS) is 18.3. The van der Waals surface area contributed by atoms with E-state index in [1.807, 2.05) is 6.20 Å². The van der Waals surface area contributed by atoms with Gasteiger partial charge in [-0.15, -0.1) is 0 Å². The van der Waals surface area contributed by atoms with Gasteiger partial charge in [-0.1, -0.05) is 12.8 Å². The molecule has 2 N–H and O–H groups in total. The third-order valence-corrected chi connectivity index (χ3v) is 5.78. The fourth-order valence-corrected chi connectivity index (χ4v) is 4.28. The monoisotopic (exact) mass is 362 g/mol. The molecule has 2 aliphatic rings. The zero-order valence-corrected chi connectivity index (χ0v) is 15.6. The highest BCUT2D eigenvalue weighted by atomic mass is 15.2. The number of hydrogen-bond donors (Lipinski definition) is 2. The Balaban J connectivity index is 1.35. The van der Waals surface area contributed by atoms with E-state index >= 15 is 0 Å². The van der Waals surface area contributed by atoms with Crippen LogP contribution in [0.2, 0.25) is 0 Å². The Morgan fingerprint density at radius 1 is 1.00 bits per heavy atom. The Hall–Kier alpha value is -2.60. The molecule has 5 rings (SSSR count). The molecule has 6 heteroatoms. The summed E-state index contributed by atoms with van der Waals surface area (Å²) in [5.74, 6) is 0.662. The molecule has 0 radical (unpaired) electrons. The molecule has 0 amide bonds. The lowest BCUT2D eigenvalue weighted by molar-refractivity contribution is 0.532. The summed E-state index contributed by atoms with van der Waals surface area (Å²) in [6.07, 6.45) is 9.24. The molecule has 0 unspecified atom stereocenters. The summed E-state index contributed by atoms with van der Waals surface area (Å²) in [7, 11) is 0. The first-order valence-corrected chi connectivity index (χ1v) is 10.0. The lowest BCUT2D eigenvalue weighted by atomic mass is 10.2. The molecule has 6 nitrogen and oxygen atoms in total. The minimum atomic E-state index is 0.587. The average molecular weight is 362 g/mol. The number of anilines is 3. The molecule has 2 aromatic heterocycles. The van der Waals surface area contributed by atoms with Gasteiger partial charge in [-0.3, -0.25) is 0 Å². The van der Waals surface area contributed by atoms with Crippen molar-refractivity contribution in [3.63, 3.8) is 0 Å². The molecule has 3 heterocycles. The summed E-state index contributed by atoms with van der Waals surface area (Å²) in [6.45, 7) is 4.22. The zero-order chi connectivity index (χ0) is 18.1. The Morgan fingerprint density at radius 2 is 1.78 bits per heavy atom. The van der Waals surface area contributed by atoms with E-state index in [0.717, 1.165) is 42.9 Å². The molecule has 0 spiro atoms. The van der Waals surface area contributed by atoms with Gasteiger partial charge in [-0.2, -0.15) is 4.98 Å². The third-order valence-electron chi connectivity index (χ3n) is 5.78. The van der Waals surface area contributed by atoms with Gasteiger partial charge in [0, 0.05) is 61.4 Å². The number of aromatic nitrogens is 3. The van der Waals surface area contributed by atoms with Gasteiger partial charge in [0.2, 0.25) is 5.95 Å². The predicted molar refractivity (Wildman–Crippen MR) is 110 cm³/mol. The van der Waals surface area contributed by atoms with Gasteiger partial charge in [0.1, 0.15) is 5.65 Å². The van der Waals surface area contributed by atoms with Crippen LogP contribution in [0.5, 0.6) is 0 Å². The number of benzene rings is 1. The highest BCUT2D eigenvalue weighted by Crippen LogP contribution is 2.32. The van der Waals surface area contributed by atoms with Crippen molar-refractivity contribution in [3.8, 4) is 0 Å². The molecular weight excluding hydrogens is 336 g/mol. The summed E-state index contributed by atoms with van der Waals surface area (Å²) in [5.41, 5.74) is 3.33. The first kappa shape index (κ1) is 16.6. The van der Waals surface area contributed by atoms with Crippen molar-refractivity contribution in [2.24, 2.45) is 0 Å². The lowest BCUT2D eigenvalue weighted by Crippen LogP contribution is -2.43. The van der Waals surface area contributed by atoms with E-state index in [0.29, 0.717) is 12.0 Å². The highest BCUT2D eigenvalue weighted by Gasteiger charge is 2.19. The van der Waals surface area contributed by atoms with Crippen LogP contribution >= 0.6 is 0 Å². The van der Waals surface area contributed by atoms with Crippen molar-refractivity contribution in [1.29, 1.82) is 0 Å². The van der Waals surface area contributed by atoms with Crippen molar-refractivity contribution in [2.75, 3.05) is 36.4 Å². The number of fused-ring (bicyclic) bond motifs is 1. The fraction of sp³-hybridized carbons (Fsp3) is 0.429. The smallest absolute Gasteiger partial charge is 0.229 e. The third kappa shape index (κ3) is 3.37. The molecule has 1 aliphatic heterocycles. The number of piperazine rings is 1. The molecule has 27 heavy (non-hydrogen) atoms. The minimum absolute atomic E-state index is 0.587. The predicted octanol–water partition coefficient (Wildman–Crippen LogP) is 3.70. The number of hydrogen-bond acceptors (Lipinski definition) is 5. The second-order valence-corrected chi connectivity index (χ2v) is 7.54. The van der Waals surface area contributed by atoms with Crippen LogP contribution in [0.3, 0.4) is 0 Å². The first-order valence-electron chi connectivity index (χ1n) is 10.0. The molecule has 140 valence electrons. The van der Waals surface area contributed by atoms with Crippen LogP contribution in [0, 0.1) is 0 Å². The van der Waals surface area contributed by atoms with Gasteiger partial charge in [-0.05, 0) is 43.2 Å². The number of nitrogens with one attached hydrogen (secondary N) is 2. The van der Waals surface area contributed by atoms with Crippen molar-refractivity contribution in [1.82, 2.24) is 19.9 Å². The largest absolute Gasteiger partial charge is 0.369 e. The Labute approximate surface area is 159 Å². The van der Waals surface area contributed by atoms with Crippen molar-refractivity contribution < 1.29 is 0 Å². The van der Waals surface area contributed by atoms with E-state index < -0.39 is 0 Å². The lowest BCUT2D eigenvalue weighted by Gasteiger charge is -2.29. The topological polar surface area (TPSA) is 58.0 Å². The van der Waals surface area contributed by atoms with E-state index in [1.165, 1.54) is 31.4 Å². The van der Waals surface area contributed by atoms with Crippen LogP contribution in [0.15, 0.2) is 42.7 Å². The summed E-state index contributed by atoms with van der Waals surface area (Å²) < 4.78 is 2.34. The maximum Gasteiger partial charge on any atom is 0.229 e. The maximum atomic E-state index is 4.81. The molecule has 1 saturated heterocycles. The maximum absolute atomic E-state index is 4.81. The second-order valence-electron chi connectivity index (χ2n) is 7.54. The molecule has 0 bridgehead atoms. The van der Waals surface area contributed by atoms with Crippen LogP contribution in [0.4, 0.5) is 17.3 Å². The van der Waals surface area contributed by atoms with Gasteiger partial charge in [0.05, 0.1) is 0 Å². The molecule has 1 aliphatic carbocycles. The van der Waals surface area contributed by atoms with E-state index in [2.05, 4.69) is 61.6 Å². The first-order chi connectivity index (χ1) is 13.4. The van der Waals surface area contributed by atoms with E-state index in [9.17, 15) is 0 Å². The fourth-order valence-electron chi connectivity index (χ4n) is 4.28. The molecule has 0 atom stereocenters. The Bertz CT molecular complexity index is 904. The van der Waals surface area contributed by atoms with Gasteiger partial charge in [-0.25, -0.2) is 4.98 Å². The quantitative estimate of drug-likeness (QED) is 0.741. The van der Waals surface area contributed by atoms with Crippen LogP contribution in [-0.2, 0) is 0 Å². The summed E-state index contributed by atoms with van der Waals surface area (Å²) in [6, 6.07) is 11.3. The Kier molecular flexibility index (Phi) is 4.41. The van der Waals surface area contributed by atoms with E-state index in [-0.39, 0.29) is 0 Å². The second kappa shape index (κ2) is 7.19. The van der Waals surface area contributed by atoms with Gasteiger partial charge in [0.25, 0.3) is 0 Å². The molecule has 1 saturated carbocycles. The Morgan fingerprint density at radius 3 is 2.56 bits per heavy atom. The van der Waals surface area contributed by atoms with Crippen LogP contribution in [-0.4, -0.2) is 40.7 Å². The zero-order valence-electron chi connectivity index (χ0n) is 15.6. The van der Waals surface area contributed by atoms with Crippen LogP contribution in [0.25, 0.3) is 11.0 Å². The van der Waals surface area contributed by atoms with Gasteiger partial charge in [0.15, 0.2) is 0 Å². The van der Waals surface area contributed by atoms with Crippen molar-refractivity contribution in [3.05, 3.63) is 42.7 Å². The van der Waals surface area contributed by atoms with Crippen LogP contribution < -0.4 is 15.5 Å². The highest BCUT2D eigenvalue weighted by molar-refractivity contribution is 5.77. The van der Waals surface area contributed by atoms with Gasteiger partial charge >= 0.3 is 0 Å². The molecule has 1 aromatic carbocycles. The van der Waals surface area contributed by atoms with E-state index in [4.69, 9.17) is 4.98 Å². The van der Waals surface area contributed by atoms with Gasteiger partial charge < -0.3 is 20.1 Å². The standard InChI is InChI=1S/C21H26N6/c1-2-4-19(3-1)27-12-9-16-15-23-21(25-20(16)27)24-17-5-7-18(8-6-17)26-13-10-22-11-14-26/h5-9,12,15,19,22H,1-4,10-11,13-14H2,(H,23,24,25). The van der Waals surface area contributed by atoms with Crippen LogP contribution in [0.1, 0.15) is 31.7 Å². The van der Waals surface area contributed by atoms with Crippen molar-refractivity contribution >= 4 is 28.4 Å². The number of nitrogens with zero attached hydrogens (tertiary/aromatic N) is 4. The number of rotatable bonds is 4. The van der Waals surface area contributed by atoms with Crippen molar-refractivity contribution in [2.45, 2.75) is 31.7 Å². The molecule has 2 fully saturated rings. The summed E-state index contributed by atoms with van der Waals surface area (Å²) in [4.78, 5) is 11.7. The molecule has 3 aromatic rings. The summed E-state index contributed by atoms with van der Waals surface area (Å²) in [5, 5.41) is 7.87.